The topological polar surface area (TPSA) is 46.3 Å². The molecular formula is C16H22N2OS. The van der Waals surface area contributed by atoms with Crippen molar-refractivity contribution in [3.05, 3.63) is 35.9 Å². The highest BCUT2D eigenvalue weighted by molar-refractivity contribution is 7.80. The lowest BCUT2D eigenvalue weighted by Gasteiger charge is -2.25. The van der Waals surface area contributed by atoms with Crippen molar-refractivity contribution in [3.8, 4) is 0 Å². The third-order valence-electron chi connectivity index (χ3n) is 4.05. The summed E-state index contributed by atoms with van der Waals surface area (Å²) in [6.45, 7) is 0.810. The fourth-order valence-corrected chi connectivity index (χ4v) is 3.20. The van der Waals surface area contributed by atoms with Gasteiger partial charge in [0, 0.05) is 13.6 Å². The third-order valence-corrected chi connectivity index (χ3v) is 4.28. The number of amides is 1. The Morgan fingerprint density at radius 2 is 1.95 bits per heavy atom. The fraction of sp³-hybridized carbons (Fsp3) is 0.500. The second-order valence-corrected chi connectivity index (χ2v) is 6.09. The van der Waals surface area contributed by atoms with E-state index in [4.69, 9.17) is 18.0 Å². The lowest BCUT2D eigenvalue weighted by molar-refractivity contribution is -0.130. The maximum Gasteiger partial charge on any atom is 0.236 e. The Kier molecular flexibility index (Phi) is 5.12. The molecule has 1 aromatic rings. The molecule has 0 radical (unpaired) electrons. The lowest BCUT2D eigenvalue weighted by Crippen LogP contribution is -2.39. The molecule has 1 amide bonds. The Balaban J connectivity index is 2.08. The minimum Gasteiger partial charge on any atom is -0.392 e. The Hall–Kier alpha value is -1.42. The molecule has 0 aromatic heterocycles. The Morgan fingerprint density at radius 3 is 2.50 bits per heavy atom. The first-order chi connectivity index (χ1) is 9.59. The van der Waals surface area contributed by atoms with E-state index in [0.29, 0.717) is 5.92 Å². The van der Waals surface area contributed by atoms with E-state index >= 15 is 0 Å². The molecule has 1 unspecified atom stereocenters. The first-order valence-corrected chi connectivity index (χ1v) is 7.59. The standard InChI is InChI=1S/C16H22N2OS/c1-18(11-12-7-5-6-8-12)16(19)14(15(17)20)13-9-3-2-4-10-13/h2-4,9-10,12,14H,5-8,11H2,1H3,(H2,17,20). The van der Waals surface area contributed by atoms with Crippen LogP contribution >= 0.6 is 12.2 Å². The van der Waals surface area contributed by atoms with E-state index in [-0.39, 0.29) is 10.9 Å². The van der Waals surface area contributed by atoms with Crippen molar-refractivity contribution >= 4 is 23.1 Å². The number of likely N-dealkylation sites (N-methyl/N-ethyl adjacent to an activating group) is 1. The summed E-state index contributed by atoms with van der Waals surface area (Å²) < 4.78 is 0. The molecule has 1 aliphatic rings. The number of carbonyl (C=O) groups is 1. The highest BCUT2D eigenvalue weighted by atomic mass is 32.1. The SMILES string of the molecule is CN(CC1CCCC1)C(=O)C(C(N)=S)c1ccccc1. The molecule has 4 heteroatoms. The summed E-state index contributed by atoms with van der Waals surface area (Å²) in [7, 11) is 1.86. The predicted octanol–water partition coefficient (Wildman–Crippen LogP) is 2.70. The monoisotopic (exact) mass is 290 g/mol. The number of carbonyl (C=O) groups excluding carboxylic acids is 1. The van der Waals surface area contributed by atoms with E-state index in [1.807, 2.05) is 37.4 Å². The van der Waals surface area contributed by atoms with Crippen LogP contribution in [0, 0.1) is 5.92 Å². The van der Waals surface area contributed by atoms with E-state index in [9.17, 15) is 4.79 Å². The normalized spacial score (nSPS) is 16.9. The molecule has 3 nitrogen and oxygen atoms in total. The molecule has 0 heterocycles. The summed E-state index contributed by atoms with van der Waals surface area (Å²) in [6.07, 6.45) is 5.01. The molecule has 108 valence electrons. The van der Waals surface area contributed by atoms with Gasteiger partial charge in [-0.2, -0.15) is 0 Å². The zero-order valence-corrected chi connectivity index (χ0v) is 12.7. The van der Waals surface area contributed by atoms with Crippen LogP contribution in [0.2, 0.25) is 0 Å². The van der Waals surface area contributed by atoms with Crippen LogP contribution in [0.15, 0.2) is 30.3 Å². The van der Waals surface area contributed by atoms with Crippen molar-refractivity contribution in [2.45, 2.75) is 31.6 Å². The van der Waals surface area contributed by atoms with Crippen molar-refractivity contribution in [2.75, 3.05) is 13.6 Å². The summed E-state index contributed by atoms with van der Waals surface area (Å²) >= 11 is 5.11. The minimum atomic E-state index is -0.502. The largest absolute Gasteiger partial charge is 0.392 e. The summed E-state index contributed by atoms with van der Waals surface area (Å²) in [5.74, 6) is 0.139. The van der Waals surface area contributed by atoms with Gasteiger partial charge in [-0.25, -0.2) is 0 Å². The smallest absolute Gasteiger partial charge is 0.236 e. The molecular weight excluding hydrogens is 268 g/mol. The molecule has 0 saturated heterocycles. The van der Waals surface area contributed by atoms with Crippen LogP contribution in [0.5, 0.6) is 0 Å². The number of thiocarbonyl (C=S) groups is 1. The lowest BCUT2D eigenvalue weighted by atomic mass is 9.97. The van der Waals surface area contributed by atoms with Gasteiger partial charge in [-0.3, -0.25) is 4.79 Å². The fourth-order valence-electron chi connectivity index (χ4n) is 2.96. The van der Waals surface area contributed by atoms with E-state index < -0.39 is 5.92 Å². The number of rotatable bonds is 5. The Morgan fingerprint density at radius 1 is 1.35 bits per heavy atom. The number of hydrogen-bond acceptors (Lipinski definition) is 2. The van der Waals surface area contributed by atoms with Gasteiger partial charge in [-0.05, 0) is 24.3 Å². The van der Waals surface area contributed by atoms with Gasteiger partial charge in [0.15, 0.2) is 0 Å². The molecule has 0 bridgehead atoms. The van der Waals surface area contributed by atoms with Crippen molar-refractivity contribution in [3.63, 3.8) is 0 Å². The number of benzene rings is 1. The van der Waals surface area contributed by atoms with Crippen molar-refractivity contribution in [1.82, 2.24) is 4.90 Å². The first kappa shape index (κ1) is 15.0. The first-order valence-electron chi connectivity index (χ1n) is 7.19. The van der Waals surface area contributed by atoms with Crippen molar-refractivity contribution in [2.24, 2.45) is 11.7 Å². The molecule has 2 rings (SSSR count). The van der Waals surface area contributed by atoms with Gasteiger partial charge in [0.1, 0.15) is 5.92 Å². The van der Waals surface area contributed by atoms with E-state index in [1.54, 1.807) is 4.90 Å². The zero-order chi connectivity index (χ0) is 14.5. The van der Waals surface area contributed by atoms with Gasteiger partial charge in [0.25, 0.3) is 0 Å². The third kappa shape index (κ3) is 3.57. The van der Waals surface area contributed by atoms with Crippen LogP contribution in [0.3, 0.4) is 0 Å². The van der Waals surface area contributed by atoms with Gasteiger partial charge in [0.05, 0.1) is 4.99 Å². The molecule has 1 fully saturated rings. The van der Waals surface area contributed by atoms with Crippen molar-refractivity contribution in [1.29, 1.82) is 0 Å². The van der Waals surface area contributed by atoms with Crippen LogP contribution in [0.1, 0.15) is 37.2 Å². The van der Waals surface area contributed by atoms with Crippen LogP contribution in [-0.2, 0) is 4.79 Å². The molecule has 1 saturated carbocycles. The Labute approximate surface area is 126 Å². The van der Waals surface area contributed by atoms with Crippen LogP contribution in [0.4, 0.5) is 0 Å². The van der Waals surface area contributed by atoms with E-state index in [0.717, 1.165) is 12.1 Å². The number of nitrogens with two attached hydrogens (primary N) is 1. The minimum absolute atomic E-state index is 0.00981. The molecule has 20 heavy (non-hydrogen) atoms. The number of nitrogens with zero attached hydrogens (tertiary/aromatic N) is 1. The second kappa shape index (κ2) is 6.84. The maximum absolute atomic E-state index is 12.6. The van der Waals surface area contributed by atoms with Gasteiger partial charge in [-0.1, -0.05) is 55.4 Å². The quantitative estimate of drug-likeness (QED) is 0.848. The number of hydrogen-bond donors (Lipinski definition) is 1. The van der Waals surface area contributed by atoms with Gasteiger partial charge < -0.3 is 10.6 Å². The van der Waals surface area contributed by atoms with Gasteiger partial charge in [0.2, 0.25) is 5.91 Å². The van der Waals surface area contributed by atoms with Crippen LogP contribution in [0.25, 0.3) is 0 Å². The molecule has 2 N–H and O–H groups in total. The average molecular weight is 290 g/mol. The highest BCUT2D eigenvalue weighted by Gasteiger charge is 2.28. The second-order valence-electron chi connectivity index (χ2n) is 5.62. The highest BCUT2D eigenvalue weighted by Crippen LogP contribution is 2.26. The summed E-state index contributed by atoms with van der Waals surface area (Å²) in [5.41, 5.74) is 6.68. The molecule has 0 aliphatic heterocycles. The molecule has 1 aliphatic carbocycles. The van der Waals surface area contributed by atoms with Crippen molar-refractivity contribution < 1.29 is 4.79 Å². The summed E-state index contributed by atoms with van der Waals surface area (Å²) in [4.78, 5) is 14.7. The van der Waals surface area contributed by atoms with Crippen LogP contribution < -0.4 is 5.73 Å². The van der Waals surface area contributed by atoms with E-state index in [1.165, 1.54) is 25.7 Å². The molecule has 0 spiro atoms. The summed E-state index contributed by atoms with van der Waals surface area (Å²) in [5, 5.41) is 0. The van der Waals surface area contributed by atoms with E-state index in [2.05, 4.69) is 0 Å². The zero-order valence-electron chi connectivity index (χ0n) is 11.9. The van der Waals surface area contributed by atoms with Gasteiger partial charge >= 0.3 is 0 Å². The predicted molar refractivity (Wildman–Crippen MR) is 85.6 cm³/mol. The molecule has 1 aromatic carbocycles. The van der Waals surface area contributed by atoms with Gasteiger partial charge in [-0.15, -0.1) is 0 Å². The average Bonchev–Trinajstić information content (AvgIpc) is 2.92. The molecule has 1 atom stereocenters. The maximum atomic E-state index is 12.6. The summed E-state index contributed by atoms with van der Waals surface area (Å²) in [6, 6.07) is 9.55. The van der Waals surface area contributed by atoms with Crippen LogP contribution in [-0.4, -0.2) is 29.4 Å². The Bertz CT molecular complexity index is 469.